The number of hydrogen-bond donors (Lipinski definition) is 0. The molecule has 0 aromatic carbocycles. The zero-order valence-corrected chi connectivity index (χ0v) is 25.8. The van der Waals surface area contributed by atoms with Crippen molar-refractivity contribution in [1.29, 1.82) is 0 Å². The van der Waals surface area contributed by atoms with Crippen LogP contribution in [-0.4, -0.2) is 26.4 Å². The van der Waals surface area contributed by atoms with Gasteiger partial charge in [0.05, 0.1) is 0 Å². The Morgan fingerprint density at radius 1 is 0.343 bits per heavy atom. The molecule has 0 fully saturated rings. The fourth-order valence-corrected chi connectivity index (χ4v) is 2.78. The standard InChI is InChI=1S/C18H35O.3C4H9O.Ti/c1-2-3-4-5-6-7-8-9-10-11-12-13-14-15-16-17-18-19;3*1-2-3-4-5;/h9-10H,2-8,11-18H2,1H3;3*2-4H2,1H3;/q4*-1;+4/b10-9-;;;;. The van der Waals surface area contributed by atoms with Crippen molar-refractivity contribution < 1.29 is 42.1 Å². The second-order valence-electron chi connectivity index (χ2n) is 8.81. The Labute approximate surface area is 236 Å². The van der Waals surface area contributed by atoms with Crippen LogP contribution < -0.4 is 20.4 Å². The van der Waals surface area contributed by atoms with Crippen LogP contribution in [0.5, 0.6) is 0 Å². The van der Waals surface area contributed by atoms with Gasteiger partial charge in [0.1, 0.15) is 0 Å². The first-order valence-electron chi connectivity index (χ1n) is 14.6. The second kappa shape index (κ2) is 55.0. The van der Waals surface area contributed by atoms with E-state index in [-0.39, 0.29) is 48.1 Å². The molecule has 0 bridgehead atoms. The third kappa shape index (κ3) is 72.0. The Balaban J connectivity index is -0.000000152. The van der Waals surface area contributed by atoms with E-state index in [0.717, 1.165) is 51.4 Å². The SMILES string of the molecule is CCCCCCCC/C=C\CCCCCCCC[O-].CCCC[O-].CCCC[O-].CCCC[O-].[Ti+4]. The molecule has 0 N–H and O–H groups in total. The minimum atomic E-state index is 0. The van der Waals surface area contributed by atoms with E-state index in [1.54, 1.807) is 0 Å². The van der Waals surface area contributed by atoms with E-state index in [2.05, 4.69) is 19.1 Å². The topological polar surface area (TPSA) is 92.2 Å². The molecule has 4 nitrogen and oxygen atoms in total. The van der Waals surface area contributed by atoms with E-state index in [1.165, 1.54) is 77.0 Å². The second-order valence-corrected chi connectivity index (χ2v) is 8.81. The van der Waals surface area contributed by atoms with Crippen LogP contribution in [0.4, 0.5) is 0 Å². The van der Waals surface area contributed by atoms with Crippen molar-refractivity contribution in [2.75, 3.05) is 26.4 Å². The van der Waals surface area contributed by atoms with E-state index >= 15 is 0 Å². The van der Waals surface area contributed by atoms with Gasteiger partial charge in [0.25, 0.3) is 0 Å². The number of allylic oxidation sites excluding steroid dienone is 2. The predicted octanol–water partition coefficient (Wildman–Crippen LogP) is 5.82. The van der Waals surface area contributed by atoms with Crippen LogP contribution in [0.15, 0.2) is 12.2 Å². The monoisotopic (exact) mass is 534 g/mol. The average molecular weight is 535 g/mol. The van der Waals surface area contributed by atoms with Gasteiger partial charge in [-0.05, 0) is 25.7 Å². The molecule has 0 aliphatic carbocycles. The summed E-state index contributed by atoms with van der Waals surface area (Å²) in [6, 6.07) is 0. The summed E-state index contributed by atoms with van der Waals surface area (Å²) in [6.07, 6.45) is 28.5. The first kappa shape index (κ1) is 45.2. The summed E-state index contributed by atoms with van der Waals surface area (Å²) in [7, 11) is 0. The molecule has 0 spiro atoms. The maximum Gasteiger partial charge on any atom is 4.00 e. The molecule has 0 heterocycles. The fourth-order valence-electron chi connectivity index (χ4n) is 2.78. The van der Waals surface area contributed by atoms with Crippen LogP contribution in [0.1, 0.15) is 156 Å². The average Bonchev–Trinajstić information content (AvgIpc) is 2.84. The maximum absolute atomic E-state index is 10.3. The molecule has 0 saturated heterocycles. The van der Waals surface area contributed by atoms with Gasteiger partial charge in [-0.1, -0.05) is 143 Å². The molecule has 5 heteroatoms. The van der Waals surface area contributed by atoms with Gasteiger partial charge >= 0.3 is 21.7 Å². The Morgan fingerprint density at radius 3 is 0.857 bits per heavy atom. The van der Waals surface area contributed by atoms with Gasteiger partial charge in [-0.3, -0.25) is 0 Å². The predicted molar refractivity (Wildman–Crippen MR) is 144 cm³/mol. The number of unbranched alkanes of at least 4 members (excludes halogenated alkanes) is 15. The molecule has 0 unspecified atom stereocenters. The van der Waals surface area contributed by atoms with E-state index < -0.39 is 0 Å². The van der Waals surface area contributed by atoms with Gasteiger partial charge in [0.15, 0.2) is 0 Å². The zero-order chi connectivity index (χ0) is 26.4. The summed E-state index contributed by atoms with van der Waals surface area (Å²) < 4.78 is 0. The zero-order valence-electron chi connectivity index (χ0n) is 24.3. The summed E-state index contributed by atoms with van der Waals surface area (Å²) >= 11 is 0. The van der Waals surface area contributed by atoms with Crippen molar-refractivity contribution in [2.24, 2.45) is 0 Å². The van der Waals surface area contributed by atoms with Crippen LogP contribution in [0.25, 0.3) is 0 Å². The number of hydrogen-bond acceptors (Lipinski definition) is 4. The van der Waals surface area contributed by atoms with Gasteiger partial charge in [-0.15, -0.1) is 26.4 Å². The van der Waals surface area contributed by atoms with Gasteiger partial charge in [-0.2, -0.15) is 0 Å². The quantitative estimate of drug-likeness (QED) is 0.105. The van der Waals surface area contributed by atoms with Crippen LogP contribution in [0.2, 0.25) is 0 Å². The molecule has 210 valence electrons. The van der Waals surface area contributed by atoms with Crippen molar-refractivity contribution in [3.8, 4) is 0 Å². The van der Waals surface area contributed by atoms with Crippen LogP contribution >= 0.6 is 0 Å². The first-order chi connectivity index (χ1) is 16.7. The Hall–Kier alpha value is 0.294. The van der Waals surface area contributed by atoms with E-state index in [1.807, 2.05) is 20.8 Å². The van der Waals surface area contributed by atoms with Crippen molar-refractivity contribution in [2.45, 2.75) is 156 Å². The molecule has 0 aliphatic heterocycles. The summed E-state index contributed by atoms with van der Waals surface area (Å²) in [5, 5.41) is 38.8. The van der Waals surface area contributed by atoms with Crippen molar-refractivity contribution in [3.05, 3.63) is 12.2 Å². The molecule has 0 aromatic heterocycles. The summed E-state index contributed by atoms with van der Waals surface area (Å²) in [5.74, 6) is 0. The molecule has 0 amide bonds. The molecule has 0 atom stereocenters. The normalized spacial score (nSPS) is 9.83. The Bertz CT molecular complexity index is 282. The van der Waals surface area contributed by atoms with Crippen molar-refractivity contribution in [1.82, 2.24) is 0 Å². The molecule has 0 aromatic rings. The van der Waals surface area contributed by atoms with Crippen molar-refractivity contribution in [3.63, 3.8) is 0 Å². The minimum absolute atomic E-state index is 0. The third-order valence-electron chi connectivity index (χ3n) is 5.15. The molecule has 0 saturated carbocycles. The van der Waals surface area contributed by atoms with Gasteiger partial charge < -0.3 is 20.4 Å². The molecule has 0 radical (unpaired) electrons. The first-order valence-corrected chi connectivity index (χ1v) is 14.6. The maximum atomic E-state index is 10.3. The molecular formula is C30H62O4Ti. The van der Waals surface area contributed by atoms with E-state index in [0.29, 0.717) is 0 Å². The van der Waals surface area contributed by atoms with Crippen LogP contribution in [-0.2, 0) is 21.7 Å². The van der Waals surface area contributed by atoms with Gasteiger partial charge in [0, 0.05) is 0 Å². The van der Waals surface area contributed by atoms with Gasteiger partial charge in [0.2, 0.25) is 0 Å². The van der Waals surface area contributed by atoms with E-state index in [9.17, 15) is 20.4 Å². The summed E-state index contributed by atoms with van der Waals surface area (Å²) in [6.45, 7) is 8.70. The Morgan fingerprint density at radius 2 is 0.600 bits per heavy atom. The van der Waals surface area contributed by atoms with Crippen LogP contribution in [0.3, 0.4) is 0 Å². The van der Waals surface area contributed by atoms with Crippen LogP contribution in [0, 0.1) is 0 Å². The number of rotatable bonds is 21. The molecule has 0 rings (SSSR count). The fraction of sp³-hybridized carbons (Fsp3) is 0.933. The minimum Gasteiger partial charge on any atom is -0.854 e. The van der Waals surface area contributed by atoms with Crippen molar-refractivity contribution >= 4 is 0 Å². The summed E-state index contributed by atoms with van der Waals surface area (Å²) in [5.41, 5.74) is 0. The molecule has 35 heavy (non-hydrogen) atoms. The largest absolute Gasteiger partial charge is 4.00 e. The Kier molecular flexibility index (Phi) is 71.1. The van der Waals surface area contributed by atoms with Gasteiger partial charge in [-0.25, -0.2) is 0 Å². The third-order valence-corrected chi connectivity index (χ3v) is 5.15. The molecular weight excluding hydrogens is 472 g/mol. The molecule has 0 aliphatic rings. The van der Waals surface area contributed by atoms with E-state index in [4.69, 9.17) is 0 Å². The smallest absolute Gasteiger partial charge is 0.854 e. The summed E-state index contributed by atoms with van der Waals surface area (Å²) in [4.78, 5) is 0.